The van der Waals surface area contributed by atoms with Crippen LogP contribution in [0.2, 0.25) is 0 Å². The monoisotopic (exact) mass is 496 g/mol. The van der Waals surface area contributed by atoms with Crippen molar-refractivity contribution in [2.24, 2.45) is 5.92 Å². The standard InChI is InChI=1S/C35H32OSi/c1-29(27-30-17-7-2-8-18-30)28-35(31-19-9-3-10-20-31)36-37(32-21-11-4-12-22-32,33-23-13-5-14-24-33)34-25-15-6-16-26-34/h2-26,28-29H,27H2,1H3/b35-28+. The Labute approximate surface area is 221 Å². The average Bonchev–Trinajstić information content (AvgIpc) is 2.98. The summed E-state index contributed by atoms with van der Waals surface area (Å²) >= 11 is 0. The third kappa shape index (κ3) is 5.66. The minimum Gasteiger partial charge on any atom is -0.530 e. The van der Waals surface area contributed by atoms with Gasteiger partial charge in [-0.15, -0.1) is 0 Å². The maximum Gasteiger partial charge on any atom is 0.346 e. The largest absolute Gasteiger partial charge is 0.530 e. The van der Waals surface area contributed by atoms with Crippen LogP contribution in [0, 0.1) is 5.92 Å². The fraction of sp³-hybridized carbons (Fsp3) is 0.0857. The highest BCUT2D eigenvalue weighted by atomic mass is 28.4. The molecule has 1 nitrogen and oxygen atoms in total. The van der Waals surface area contributed by atoms with Gasteiger partial charge in [0.1, 0.15) is 5.76 Å². The molecule has 5 aromatic carbocycles. The van der Waals surface area contributed by atoms with Gasteiger partial charge in [-0.05, 0) is 39.5 Å². The predicted octanol–water partition coefficient (Wildman–Crippen LogP) is 6.59. The molecule has 2 heteroatoms. The van der Waals surface area contributed by atoms with Gasteiger partial charge >= 0.3 is 8.32 Å². The molecule has 0 bridgehead atoms. The highest BCUT2D eigenvalue weighted by molar-refractivity contribution is 7.07. The molecule has 5 aromatic rings. The normalized spacial score (nSPS) is 12.6. The third-order valence-electron chi connectivity index (χ3n) is 6.70. The van der Waals surface area contributed by atoms with Crippen LogP contribution in [-0.4, -0.2) is 8.32 Å². The molecule has 1 unspecified atom stereocenters. The van der Waals surface area contributed by atoms with Gasteiger partial charge in [-0.2, -0.15) is 0 Å². The highest BCUT2D eigenvalue weighted by Gasteiger charge is 2.44. The topological polar surface area (TPSA) is 9.23 Å². The summed E-state index contributed by atoms with van der Waals surface area (Å²) in [5.41, 5.74) is 2.43. The van der Waals surface area contributed by atoms with Gasteiger partial charge < -0.3 is 4.43 Å². The first-order valence-electron chi connectivity index (χ1n) is 12.9. The minimum absolute atomic E-state index is 0.298. The number of hydrogen-bond acceptors (Lipinski definition) is 1. The van der Waals surface area contributed by atoms with Crippen LogP contribution in [0.5, 0.6) is 0 Å². The molecule has 0 aromatic heterocycles. The molecule has 0 radical (unpaired) electrons. The van der Waals surface area contributed by atoms with Crippen molar-refractivity contribution in [2.45, 2.75) is 13.3 Å². The number of allylic oxidation sites excluding steroid dienone is 1. The van der Waals surface area contributed by atoms with Crippen molar-refractivity contribution in [1.29, 1.82) is 0 Å². The fourth-order valence-electron chi connectivity index (χ4n) is 4.96. The molecule has 0 heterocycles. The van der Waals surface area contributed by atoms with E-state index in [2.05, 4.69) is 165 Å². The van der Waals surface area contributed by atoms with Crippen molar-refractivity contribution in [1.82, 2.24) is 0 Å². The second-order valence-corrected chi connectivity index (χ2v) is 12.7. The summed E-state index contributed by atoms with van der Waals surface area (Å²) in [6, 6.07) is 53.5. The van der Waals surface area contributed by atoms with Crippen LogP contribution in [0.4, 0.5) is 0 Å². The summed E-state index contributed by atoms with van der Waals surface area (Å²) in [7, 11) is -2.90. The van der Waals surface area contributed by atoms with Crippen LogP contribution < -0.4 is 15.6 Å². The number of hydrogen-bond donors (Lipinski definition) is 0. The SMILES string of the molecule is CC(/C=C(/O[Si](c1ccccc1)(c1ccccc1)c1ccccc1)c1ccccc1)Cc1ccccc1. The van der Waals surface area contributed by atoms with Gasteiger partial charge in [0.05, 0.1) is 0 Å². The first kappa shape index (κ1) is 24.5. The summed E-state index contributed by atoms with van der Waals surface area (Å²) in [5, 5.41) is 3.68. The molecule has 0 amide bonds. The number of benzene rings is 5. The molecule has 0 spiro atoms. The summed E-state index contributed by atoms with van der Waals surface area (Å²) < 4.78 is 7.49. The lowest BCUT2D eigenvalue weighted by atomic mass is 9.99. The zero-order valence-electron chi connectivity index (χ0n) is 21.2. The predicted molar refractivity (Wildman–Crippen MR) is 159 cm³/mol. The van der Waals surface area contributed by atoms with Crippen molar-refractivity contribution in [2.75, 3.05) is 0 Å². The Morgan fingerprint density at radius 1 is 0.568 bits per heavy atom. The molecular formula is C35H32OSi. The van der Waals surface area contributed by atoms with Crippen LogP contribution in [0.1, 0.15) is 18.1 Å². The Morgan fingerprint density at radius 2 is 0.946 bits per heavy atom. The van der Waals surface area contributed by atoms with E-state index < -0.39 is 8.32 Å². The Hall–Kier alpha value is -4.14. The molecule has 37 heavy (non-hydrogen) atoms. The summed E-state index contributed by atoms with van der Waals surface area (Å²) in [5.74, 6) is 1.24. The van der Waals surface area contributed by atoms with Crippen molar-refractivity contribution in [3.8, 4) is 0 Å². The first-order valence-corrected chi connectivity index (χ1v) is 14.8. The van der Waals surface area contributed by atoms with E-state index in [0.717, 1.165) is 17.7 Å². The van der Waals surface area contributed by atoms with Gasteiger partial charge in [-0.25, -0.2) is 0 Å². The van der Waals surface area contributed by atoms with Crippen LogP contribution in [0.15, 0.2) is 158 Å². The van der Waals surface area contributed by atoms with E-state index in [4.69, 9.17) is 4.43 Å². The molecule has 0 aliphatic rings. The second kappa shape index (κ2) is 11.7. The lowest BCUT2D eigenvalue weighted by Gasteiger charge is -2.35. The molecule has 0 N–H and O–H groups in total. The Morgan fingerprint density at radius 3 is 1.38 bits per heavy atom. The molecular weight excluding hydrogens is 464 g/mol. The lowest BCUT2D eigenvalue weighted by molar-refractivity contribution is 0.524. The molecule has 0 fully saturated rings. The third-order valence-corrected chi connectivity index (χ3v) is 10.7. The smallest absolute Gasteiger partial charge is 0.346 e. The van der Waals surface area contributed by atoms with E-state index >= 15 is 0 Å². The summed E-state index contributed by atoms with van der Waals surface area (Å²) in [6.45, 7) is 2.27. The maximum absolute atomic E-state index is 7.49. The Bertz CT molecular complexity index is 1300. The minimum atomic E-state index is -2.90. The first-order chi connectivity index (χ1) is 18.3. The fourth-order valence-corrected chi connectivity index (χ4v) is 8.81. The molecule has 182 valence electrons. The van der Waals surface area contributed by atoms with E-state index in [1.165, 1.54) is 21.1 Å². The average molecular weight is 497 g/mol. The molecule has 0 saturated heterocycles. The van der Waals surface area contributed by atoms with Gasteiger partial charge in [-0.3, -0.25) is 0 Å². The van der Waals surface area contributed by atoms with Crippen LogP contribution in [0.3, 0.4) is 0 Å². The van der Waals surface area contributed by atoms with E-state index in [0.29, 0.717) is 5.92 Å². The van der Waals surface area contributed by atoms with Gasteiger partial charge in [-0.1, -0.05) is 159 Å². The zero-order chi connectivity index (χ0) is 25.3. The molecule has 0 saturated carbocycles. The van der Waals surface area contributed by atoms with E-state index in [-0.39, 0.29) is 0 Å². The van der Waals surface area contributed by atoms with Crippen molar-refractivity contribution in [3.63, 3.8) is 0 Å². The second-order valence-electron chi connectivity index (χ2n) is 9.45. The van der Waals surface area contributed by atoms with Crippen LogP contribution in [-0.2, 0) is 10.8 Å². The van der Waals surface area contributed by atoms with E-state index in [1.807, 2.05) is 0 Å². The Kier molecular flexibility index (Phi) is 7.78. The van der Waals surface area contributed by atoms with Crippen LogP contribution >= 0.6 is 0 Å². The van der Waals surface area contributed by atoms with E-state index in [9.17, 15) is 0 Å². The highest BCUT2D eigenvalue weighted by Crippen LogP contribution is 2.25. The molecule has 0 aliphatic carbocycles. The molecule has 5 rings (SSSR count). The number of rotatable bonds is 9. The van der Waals surface area contributed by atoms with Gasteiger partial charge in [0.15, 0.2) is 0 Å². The lowest BCUT2D eigenvalue weighted by Crippen LogP contribution is -2.69. The summed E-state index contributed by atoms with van der Waals surface area (Å²) in [6.07, 6.45) is 3.27. The molecule has 1 atom stereocenters. The quantitative estimate of drug-likeness (QED) is 0.127. The van der Waals surface area contributed by atoms with Crippen molar-refractivity contribution >= 4 is 29.6 Å². The Balaban J connectivity index is 1.69. The summed E-state index contributed by atoms with van der Waals surface area (Å²) in [4.78, 5) is 0. The van der Waals surface area contributed by atoms with E-state index in [1.54, 1.807) is 0 Å². The maximum atomic E-state index is 7.49. The zero-order valence-corrected chi connectivity index (χ0v) is 22.2. The molecule has 0 aliphatic heterocycles. The van der Waals surface area contributed by atoms with Gasteiger partial charge in [0, 0.05) is 5.56 Å². The van der Waals surface area contributed by atoms with Gasteiger partial charge in [0.25, 0.3) is 0 Å². The van der Waals surface area contributed by atoms with Gasteiger partial charge in [0.2, 0.25) is 0 Å². The van der Waals surface area contributed by atoms with Crippen molar-refractivity contribution in [3.05, 3.63) is 169 Å². The van der Waals surface area contributed by atoms with Crippen molar-refractivity contribution < 1.29 is 4.43 Å². The van der Waals surface area contributed by atoms with Crippen LogP contribution in [0.25, 0.3) is 5.76 Å².